The summed E-state index contributed by atoms with van der Waals surface area (Å²) in [6.45, 7) is 3.73. The Balaban J connectivity index is 1.71. The van der Waals surface area contributed by atoms with Crippen LogP contribution in [-0.4, -0.2) is 55.2 Å². The Hall–Kier alpha value is -1.97. The Labute approximate surface area is 151 Å². The minimum absolute atomic E-state index is 0.387. The van der Waals surface area contributed by atoms with Crippen molar-refractivity contribution >= 4 is 44.0 Å². The van der Waals surface area contributed by atoms with Gasteiger partial charge in [0.25, 0.3) is 0 Å². The highest BCUT2D eigenvalue weighted by Crippen LogP contribution is 2.21. The summed E-state index contributed by atoms with van der Waals surface area (Å²) in [4.78, 5) is 13.4. The minimum Gasteiger partial charge on any atom is -0.423 e. The zero-order valence-electron chi connectivity index (χ0n) is 14.0. The first-order valence-electron chi connectivity index (χ1n) is 7.79. The highest BCUT2D eigenvalue weighted by atomic mass is 32.2. The van der Waals surface area contributed by atoms with E-state index in [1.165, 1.54) is 16.6 Å². The van der Waals surface area contributed by atoms with Crippen molar-refractivity contribution < 1.29 is 12.8 Å². The van der Waals surface area contributed by atoms with Crippen molar-refractivity contribution in [3.05, 3.63) is 40.2 Å². The number of piperazine rings is 1. The summed E-state index contributed by atoms with van der Waals surface area (Å²) in [5.41, 5.74) is 1.69. The second-order valence-electron chi connectivity index (χ2n) is 6.04. The summed E-state index contributed by atoms with van der Waals surface area (Å²) in [6.07, 6.45) is 1.21. The molecule has 1 N–H and O–H groups in total. The van der Waals surface area contributed by atoms with Gasteiger partial charge < -0.3 is 14.6 Å². The van der Waals surface area contributed by atoms with Crippen LogP contribution in [-0.2, 0) is 10.0 Å². The highest BCUT2D eigenvalue weighted by molar-refractivity contribution is 7.88. The van der Waals surface area contributed by atoms with Crippen molar-refractivity contribution in [3.63, 3.8) is 0 Å². The molecule has 0 bridgehead atoms. The van der Waals surface area contributed by atoms with Crippen molar-refractivity contribution in [3.8, 4) is 0 Å². The molecule has 1 saturated heterocycles. The van der Waals surface area contributed by atoms with Gasteiger partial charge >= 0.3 is 5.63 Å². The first-order chi connectivity index (χ1) is 11.7. The molecular formula is C16H19N3O4S2. The molecule has 3 rings (SSSR count). The van der Waals surface area contributed by atoms with Crippen LogP contribution in [0.4, 0.5) is 5.69 Å². The topological polar surface area (TPSA) is 82.9 Å². The summed E-state index contributed by atoms with van der Waals surface area (Å²) in [5, 5.41) is 4.51. The van der Waals surface area contributed by atoms with Crippen LogP contribution < -0.4 is 10.9 Å². The third-order valence-corrected chi connectivity index (χ3v) is 5.86. The fraction of sp³-hybridized carbons (Fsp3) is 0.375. The van der Waals surface area contributed by atoms with E-state index in [9.17, 15) is 13.2 Å². The van der Waals surface area contributed by atoms with Crippen molar-refractivity contribution in [1.29, 1.82) is 0 Å². The van der Waals surface area contributed by atoms with E-state index >= 15 is 0 Å². The number of fused-ring (bicyclic) bond motifs is 1. The van der Waals surface area contributed by atoms with Crippen molar-refractivity contribution in [2.75, 3.05) is 37.8 Å². The van der Waals surface area contributed by atoms with Gasteiger partial charge in [-0.3, -0.25) is 0 Å². The molecule has 0 atom stereocenters. The van der Waals surface area contributed by atoms with E-state index in [1.807, 2.05) is 24.0 Å². The van der Waals surface area contributed by atoms with Gasteiger partial charge in [0.1, 0.15) is 5.58 Å². The summed E-state index contributed by atoms with van der Waals surface area (Å²) in [5.74, 6) is 0. The van der Waals surface area contributed by atoms with Crippen LogP contribution in [0.5, 0.6) is 0 Å². The number of hydrogen-bond acceptors (Lipinski definition) is 5. The van der Waals surface area contributed by atoms with E-state index in [4.69, 9.17) is 16.6 Å². The van der Waals surface area contributed by atoms with Gasteiger partial charge in [0.05, 0.1) is 6.26 Å². The van der Waals surface area contributed by atoms with E-state index in [-0.39, 0.29) is 5.63 Å². The molecule has 7 nitrogen and oxygen atoms in total. The molecule has 1 aliphatic heterocycles. The van der Waals surface area contributed by atoms with Crippen molar-refractivity contribution in [2.45, 2.75) is 6.92 Å². The molecule has 0 unspecified atom stereocenters. The number of rotatable bonds is 2. The second kappa shape index (κ2) is 6.74. The SMILES string of the molecule is Cc1cc(=O)oc2cc(NC(=S)N3CCN(S(C)(=O)=O)CC3)ccc12. The second-order valence-corrected chi connectivity index (χ2v) is 8.41. The van der Waals surface area contributed by atoms with E-state index in [0.29, 0.717) is 36.9 Å². The monoisotopic (exact) mass is 381 g/mol. The molecule has 0 radical (unpaired) electrons. The molecule has 1 fully saturated rings. The third kappa shape index (κ3) is 4.00. The Morgan fingerprint density at radius 1 is 1.20 bits per heavy atom. The zero-order chi connectivity index (χ0) is 18.2. The Morgan fingerprint density at radius 2 is 1.88 bits per heavy atom. The molecule has 2 heterocycles. The molecular weight excluding hydrogens is 362 g/mol. The lowest BCUT2D eigenvalue weighted by atomic mass is 10.1. The molecule has 9 heteroatoms. The fourth-order valence-corrected chi connectivity index (χ4v) is 3.96. The zero-order valence-corrected chi connectivity index (χ0v) is 15.6. The first kappa shape index (κ1) is 17.8. The van der Waals surface area contributed by atoms with Crippen molar-refractivity contribution in [2.24, 2.45) is 0 Å². The van der Waals surface area contributed by atoms with Crippen LogP contribution in [0.15, 0.2) is 33.5 Å². The number of thiocarbonyl (C=S) groups is 1. The highest BCUT2D eigenvalue weighted by Gasteiger charge is 2.24. The quantitative estimate of drug-likeness (QED) is 0.621. The molecule has 2 aromatic rings. The van der Waals surface area contributed by atoms with Crippen LogP contribution in [0.2, 0.25) is 0 Å². The smallest absolute Gasteiger partial charge is 0.336 e. The first-order valence-corrected chi connectivity index (χ1v) is 10.1. The third-order valence-electron chi connectivity index (χ3n) is 4.20. The summed E-state index contributed by atoms with van der Waals surface area (Å²) in [7, 11) is -3.17. The van der Waals surface area contributed by atoms with E-state index < -0.39 is 10.0 Å². The standard InChI is InChI=1S/C16H19N3O4S2/c1-11-9-15(20)23-14-10-12(3-4-13(11)14)17-16(24)18-5-7-19(8-6-18)25(2,21)22/h3-4,9-10H,5-8H2,1-2H3,(H,17,24). The number of aryl methyl sites for hydroxylation is 1. The number of benzene rings is 1. The predicted molar refractivity (Wildman–Crippen MR) is 101 cm³/mol. The average molecular weight is 381 g/mol. The largest absolute Gasteiger partial charge is 0.423 e. The lowest BCUT2D eigenvalue weighted by Gasteiger charge is -2.34. The fourth-order valence-electron chi connectivity index (χ4n) is 2.83. The van der Waals surface area contributed by atoms with Crippen LogP contribution in [0.1, 0.15) is 5.56 Å². The van der Waals surface area contributed by atoms with Gasteiger partial charge in [-0.05, 0) is 36.8 Å². The number of hydrogen-bond donors (Lipinski definition) is 1. The molecule has 0 spiro atoms. The lowest BCUT2D eigenvalue weighted by molar-refractivity contribution is 0.270. The molecule has 0 aliphatic carbocycles. The number of sulfonamides is 1. The maximum Gasteiger partial charge on any atom is 0.336 e. The van der Waals surface area contributed by atoms with Crippen molar-refractivity contribution in [1.82, 2.24) is 9.21 Å². The van der Waals surface area contributed by atoms with Crippen LogP contribution in [0.3, 0.4) is 0 Å². The molecule has 0 amide bonds. The van der Waals surface area contributed by atoms with E-state index in [1.54, 1.807) is 6.07 Å². The van der Waals surface area contributed by atoms with Gasteiger partial charge in [0.2, 0.25) is 10.0 Å². The lowest BCUT2D eigenvalue weighted by Crippen LogP contribution is -2.51. The van der Waals surface area contributed by atoms with Gasteiger partial charge in [-0.15, -0.1) is 0 Å². The summed E-state index contributed by atoms with van der Waals surface area (Å²) in [6, 6.07) is 6.94. The van der Waals surface area contributed by atoms with E-state index in [2.05, 4.69) is 5.32 Å². The molecule has 134 valence electrons. The Kier molecular flexibility index (Phi) is 4.81. The van der Waals surface area contributed by atoms with Crippen LogP contribution in [0.25, 0.3) is 11.0 Å². The van der Waals surface area contributed by atoms with Crippen LogP contribution >= 0.6 is 12.2 Å². The van der Waals surface area contributed by atoms with E-state index in [0.717, 1.165) is 16.6 Å². The molecule has 0 saturated carbocycles. The molecule has 1 aromatic carbocycles. The predicted octanol–water partition coefficient (Wildman–Crippen LogP) is 1.38. The maximum absolute atomic E-state index is 11.6. The number of nitrogens with one attached hydrogen (secondary N) is 1. The maximum atomic E-state index is 11.6. The molecule has 25 heavy (non-hydrogen) atoms. The van der Waals surface area contributed by atoms with Gasteiger partial charge in [-0.2, -0.15) is 4.31 Å². The number of nitrogens with zero attached hydrogens (tertiary/aromatic N) is 2. The van der Waals surface area contributed by atoms with Gasteiger partial charge in [0, 0.05) is 49.4 Å². The molecule has 1 aromatic heterocycles. The normalized spacial score (nSPS) is 16.2. The minimum atomic E-state index is -3.17. The molecule has 1 aliphatic rings. The Morgan fingerprint density at radius 3 is 2.52 bits per heavy atom. The average Bonchev–Trinajstić information content (AvgIpc) is 2.53. The Bertz CT molecular complexity index is 977. The summed E-state index contributed by atoms with van der Waals surface area (Å²) >= 11 is 5.42. The summed E-state index contributed by atoms with van der Waals surface area (Å²) < 4.78 is 29.8. The van der Waals surface area contributed by atoms with Gasteiger partial charge in [-0.1, -0.05) is 0 Å². The van der Waals surface area contributed by atoms with Gasteiger partial charge in [0.15, 0.2) is 5.11 Å². The number of anilines is 1. The van der Waals surface area contributed by atoms with Crippen LogP contribution in [0, 0.1) is 6.92 Å². The van der Waals surface area contributed by atoms with Gasteiger partial charge in [-0.25, -0.2) is 13.2 Å².